The Hall–Kier alpha value is -0.420. The molecule has 1 rings (SSSR count). The molecule has 0 unspecified atom stereocenters. The summed E-state index contributed by atoms with van der Waals surface area (Å²) in [6, 6.07) is 2.39. The van der Waals surface area contributed by atoms with Crippen molar-refractivity contribution >= 4 is 37.5 Å². The SMILES string of the molecule is C=C(Br)CNc1c(F)cc(Br)cc1F. The van der Waals surface area contributed by atoms with Crippen LogP contribution in [0, 0.1) is 11.6 Å². The van der Waals surface area contributed by atoms with Crippen molar-refractivity contribution < 1.29 is 8.78 Å². The van der Waals surface area contributed by atoms with Crippen molar-refractivity contribution in [2.45, 2.75) is 0 Å². The van der Waals surface area contributed by atoms with Gasteiger partial charge in [0.25, 0.3) is 0 Å². The molecule has 1 nitrogen and oxygen atoms in total. The fourth-order valence-electron chi connectivity index (χ4n) is 0.895. The molecule has 0 bridgehead atoms. The highest BCUT2D eigenvalue weighted by molar-refractivity contribution is 9.11. The van der Waals surface area contributed by atoms with Crippen LogP contribution in [0.15, 0.2) is 27.7 Å². The largest absolute Gasteiger partial charge is 0.376 e. The molecule has 5 heteroatoms. The number of halogens is 4. The van der Waals surface area contributed by atoms with Crippen molar-refractivity contribution in [1.82, 2.24) is 0 Å². The lowest BCUT2D eigenvalue weighted by Gasteiger charge is -2.08. The molecule has 76 valence electrons. The fourth-order valence-corrected chi connectivity index (χ4v) is 1.44. The van der Waals surface area contributed by atoms with Gasteiger partial charge in [-0.05, 0) is 12.1 Å². The van der Waals surface area contributed by atoms with Crippen LogP contribution in [0.5, 0.6) is 0 Å². The van der Waals surface area contributed by atoms with Gasteiger partial charge in [0, 0.05) is 15.5 Å². The van der Waals surface area contributed by atoms with Gasteiger partial charge in [-0.1, -0.05) is 38.4 Å². The molecule has 1 aromatic rings. The summed E-state index contributed by atoms with van der Waals surface area (Å²) in [4.78, 5) is 0. The van der Waals surface area contributed by atoms with Crippen LogP contribution in [0.25, 0.3) is 0 Å². The Bertz CT molecular complexity index is 343. The van der Waals surface area contributed by atoms with Crippen molar-refractivity contribution in [3.05, 3.63) is 39.3 Å². The van der Waals surface area contributed by atoms with Gasteiger partial charge >= 0.3 is 0 Å². The average Bonchev–Trinajstić information content (AvgIpc) is 2.01. The quantitative estimate of drug-likeness (QED) is 0.883. The molecule has 0 amide bonds. The Labute approximate surface area is 97.5 Å². The summed E-state index contributed by atoms with van der Waals surface area (Å²) >= 11 is 6.08. The zero-order valence-corrected chi connectivity index (χ0v) is 10.3. The van der Waals surface area contributed by atoms with E-state index in [1.165, 1.54) is 12.1 Å². The third-order valence-electron chi connectivity index (χ3n) is 1.46. The number of anilines is 1. The van der Waals surface area contributed by atoms with Crippen LogP contribution in [0.4, 0.5) is 14.5 Å². The van der Waals surface area contributed by atoms with Crippen molar-refractivity contribution in [3.8, 4) is 0 Å². The molecule has 0 saturated carbocycles. The van der Waals surface area contributed by atoms with Gasteiger partial charge in [-0.25, -0.2) is 8.78 Å². The van der Waals surface area contributed by atoms with Crippen molar-refractivity contribution in [2.24, 2.45) is 0 Å². The highest BCUT2D eigenvalue weighted by Crippen LogP contribution is 2.24. The van der Waals surface area contributed by atoms with Gasteiger partial charge in [-0.15, -0.1) is 0 Å². The summed E-state index contributed by atoms with van der Waals surface area (Å²) in [5.74, 6) is -1.27. The molecule has 0 aromatic heterocycles. The third-order valence-corrected chi connectivity index (χ3v) is 2.20. The van der Waals surface area contributed by atoms with Gasteiger partial charge in [-0.3, -0.25) is 0 Å². The summed E-state index contributed by atoms with van der Waals surface area (Å²) in [6.45, 7) is 3.82. The molecule has 0 aliphatic carbocycles. The second-order valence-corrected chi connectivity index (χ2v) is 4.65. The van der Waals surface area contributed by atoms with Gasteiger partial charge in [0.05, 0.1) is 0 Å². The average molecular weight is 327 g/mol. The molecule has 0 aliphatic rings. The van der Waals surface area contributed by atoms with E-state index in [-0.39, 0.29) is 12.2 Å². The molecule has 1 aromatic carbocycles. The minimum absolute atomic E-state index is 0.145. The molecule has 0 spiro atoms. The lowest BCUT2D eigenvalue weighted by Crippen LogP contribution is -2.05. The Kier molecular flexibility index (Phi) is 4.07. The smallest absolute Gasteiger partial charge is 0.150 e. The maximum atomic E-state index is 13.2. The van der Waals surface area contributed by atoms with E-state index < -0.39 is 11.6 Å². The van der Waals surface area contributed by atoms with Crippen LogP contribution in [-0.4, -0.2) is 6.54 Å². The Morgan fingerprint density at radius 2 is 1.86 bits per heavy atom. The predicted octanol–water partition coefficient (Wildman–Crippen LogP) is 4.05. The highest BCUT2D eigenvalue weighted by Gasteiger charge is 2.09. The maximum absolute atomic E-state index is 13.2. The van der Waals surface area contributed by atoms with Crippen molar-refractivity contribution in [2.75, 3.05) is 11.9 Å². The van der Waals surface area contributed by atoms with Crippen LogP contribution in [0.1, 0.15) is 0 Å². The van der Waals surface area contributed by atoms with E-state index in [9.17, 15) is 8.78 Å². The molecular formula is C9H7Br2F2N. The lowest BCUT2D eigenvalue weighted by atomic mass is 10.3. The number of rotatable bonds is 3. The summed E-state index contributed by atoms with van der Waals surface area (Å²) < 4.78 is 27.4. The fraction of sp³-hybridized carbons (Fsp3) is 0.111. The monoisotopic (exact) mass is 325 g/mol. The summed E-state index contributed by atoms with van der Waals surface area (Å²) in [6.07, 6.45) is 0. The minimum Gasteiger partial charge on any atom is -0.376 e. The Balaban J connectivity index is 2.91. The molecule has 0 saturated heterocycles. The molecule has 0 heterocycles. The molecule has 0 aliphatic heterocycles. The number of hydrogen-bond donors (Lipinski definition) is 1. The van der Waals surface area contributed by atoms with Crippen LogP contribution >= 0.6 is 31.9 Å². The van der Waals surface area contributed by atoms with Crippen LogP contribution in [-0.2, 0) is 0 Å². The number of hydrogen-bond acceptors (Lipinski definition) is 1. The van der Waals surface area contributed by atoms with E-state index >= 15 is 0 Å². The standard InChI is InChI=1S/C9H7Br2F2N/c1-5(10)4-14-9-7(12)2-6(11)3-8(9)13/h2-3,14H,1,4H2. The first-order valence-corrected chi connectivity index (χ1v) is 5.31. The van der Waals surface area contributed by atoms with Gasteiger partial charge in [0.15, 0.2) is 0 Å². The van der Waals surface area contributed by atoms with Crippen molar-refractivity contribution in [3.63, 3.8) is 0 Å². The Morgan fingerprint density at radius 3 is 2.29 bits per heavy atom. The van der Waals surface area contributed by atoms with Gasteiger partial charge in [0.2, 0.25) is 0 Å². The normalized spacial score (nSPS) is 10.0. The summed E-state index contributed by atoms with van der Waals surface area (Å²) in [5, 5.41) is 2.59. The summed E-state index contributed by atoms with van der Waals surface area (Å²) in [5.41, 5.74) is -0.145. The van der Waals surface area contributed by atoms with Crippen molar-refractivity contribution in [1.29, 1.82) is 0 Å². The van der Waals surface area contributed by atoms with E-state index in [1.807, 2.05) is 0 Å². The highest BCUT2D eigenvalue weighted by atomic mass is 79.9. The van der Waals surface area contributed by atoms with E-state index in [4.69, 9.17) is 0 Å². The van der Waals surface area contributed by atoms with Gasteiger partial charge < -0.3 is 5.32 Å². The first-order chi connectivity index (χ1) is 6.50. The minimum atomic E-state index is -0.634. The van der Waals surface area contributed by atoms with Crippen LogP contribution in [0.2, 0.25) is 0 Å². The lowest BCUT2D eigenvalue weighted by molar-refractivity contribution is 0.587. The van der Waals surface area contributed by atoms with E-state index in [0.717, 1.165) is 0 Å². The third kappa shape index (κ3) is 3.06. The number of benzene rings is 1. The Morgan fingerprint density at radius 1 is 1.36 bits per heavy atom. The molecule has 1 N–H and O–H groups in total. The van der Waals surface area contributed by atoms with Crippen LogP contribution < -0.4 is 5.32 Å². The summed E-state index contributed by atoms with van der Waals surface area (Å²) in [7, 11) is 0. The van der Waals surface area contributed by atoms with E-state index in [0.29, 0.717) is 8.96 Å². The molecule has 14 heavy (non-hydrogen) atoms. The number of nitrogens with one attached hydrogen (secondary N) is 1. The first-order valence-electron chi connectivity index (χ1n) is 3.72. The molecule has 0 fully saturated rings. The van der Waals surface area contributed by atoms with Gasteiger partial charge in [-0.2, -0.15) is 0 Å². The molecule has 0 radical (unpaired) electrons. The second kappa shape index (κ2) is 4.89. The second-order valence-electron chi connectivity index (χ2n) is 2.62. The van der Waals surface area contributed by atoms with Gasteiger partial charge in [0.1, 0.15) is 17.3 Å². The van der Waals surface area contributed by atoms with E-state index in [2.05, 4.69) is 43.8 Å². The van der Waals surface area contributed by atoms with E-state index in [1.54, 1.807) is 0 Å². The molecule has 0 atom stereocenters. The van der Waals surface area contributed by atoms with Crippen LogP contribution in [0.3, 0.4) is 0 Å². The maximum Gasteiger partial charge on any atom is 0.150 e. The topological polar surface area (TPSA) is 12.0 Å². The first kappa shape index (κ1) is 11.7. The molecular weight excluding hydrogens is 320 g/mol. The zero-order valence-electron chi connectivity index (χ0n) is 7.08. The predicted molar refractivity (Wildman–Crippen MR) is 60.6 cm³/mol. The zero-order chi connectivity index (χ0) is 10.7.